The first-order chi connectivity index (χ1) is 11.9. The van der Waals surface area contributed by atoms with Gasteiger partial charge in [-0.1, -0.05) is 0 Å². The quantitative estimate of drug-likeness (QED) is 0.902. The molecule has 7 nitrogen and oxygen atoms in total. The Bertz CT molecular complexity index is 728. The lowest BCUT2D eigenvalue weighted by Crippen LogP contribution is -2.60. The van der Waals surface area contributed by atoms with Crippen LogP contribution in [0.4, 0.5) is 11.8 Å². The van der Waals surface area contributed by atoms with E-state index in [0.717, 1.165) is 42.8 Å². The smallest absolute Gasteiger partial charge is 0.225 e. The van der Waals surface area contributed by atoms with Crippen molar-refractivity contribution in [2.75, 3.05) is 36.0 Å². The van der Waals surface area contributed by atoms with Crippen molar-refractivity contribution in [1.29, 1.82) is 0 Å². The topological polar surface area (TPSA) is 78.3 Å². The molecule has 3 heterocycles. The van der Waals surface area contributed by atoms with Crippen LogP contribution in [0.2, 0.25) is 0 Å². The minimum atomic E-state index is -0.121. The fourth-order valence-corrected chi connectivity index (χ4v) is 3.36. The Labute approximate surface area is 148 Å². The monoisotopic (exact) mass is 342 g/mol. The van der Waals surface area contributed by atoms with Crippen LogP contribution in [0, 0.1) is 13.8 Å². The van der Waals surface area contributed by atoms with Gasteiger partial charge >= 0.3 is 0 Å². The van der Waals surface area contributed by atoms with Gasteiger partial charge in [0.2, 0.25) is 5.95 Å². The van der Waals surface area contributed by atoms with Gasteiger partial charge in [-0.15, -0.1) is 0 Å². The molecule has 0 aromatic carbocycles. The van der Waals surface area contributed by atoms with Crippen LogP contribution in [-0.2, 0) is 6.42 Å². The van der Waals surface area contributed by atoms with Crippen molar-refractivity contribution >= 4 is 11.8 Å². The second-order valence-electron chi connectivity index (χ2n) is 7.14. The second kappa shape index (κ2) is 6.92. The molecule has 2 aromatic rings. The number of aliphatic hydroxyl groups is 1. The lowest BCUT2D eigenvalue weighted by molar-refractivity contribution is 0.296. The highest BCUT2D eigenvalue weighted by atomic mass is 16.3. The van der Waals surface area contributed by atoms with Crippen LogP contribution in [0.1, 0.15) is 31.1 Å². The van der Waals surface area contributed by atoms with Crippen LogP contribution in [-0.4, -0.2) is 56.8 Å². The predicted octanol–water partition coefficient (Wildman–Crippen LogP) is 1.52. The van der Waals surface area contributed by atoms with E-state index in [1.807, 2.05) is 26.0 Å². The summed E-state index contributed by atoms with van der Waals surface area (Å²) in [5.74, 6) is 2.38. The Balaban J connectivity index is 1.82. The number of anilines is 2. The minimum Gasteiger partial charge on any atom is -0.396 e. The van der Waals surface area contributed by atoms with Crippen molar-refractivity contribution in [3.8, 4) is 0 Å². The zero-order valence-corrected chi connectivity index (χ0v) is 15.4. The molecule has 0 saturated carbocycles. The van der Waals surface area contributed by atoms with Gasteiger partial charge in [0, 0.05) is 43.6 Å². The third-order valence-corrected chi connectivity index (χ3v) is 4.46. The van der Waals surface area contributed by atoms with Crippen molar-refractivity contribution < 1.29 is 5.11 Å². The zero-order chi connectivity index (χ0) is 18.0. The summed E-state index contributed by atoms with van der Waals surface area (Å²) in [6.45, 7) is 11.0. The molecule has 0 spiro atoms. The Morgan fingerprint density at radius 1 is 1.12 bits per heavy atom. The van der Waals surface area contributed by atoms with Gasteiger partial charge in [0.15, 0.2) is 0 Å². The third-order valence-electron chi connectivity index (χ3n) is 4.46. The fraction of sp³-hybridized carbons (Fsp3) is 0.556. The van der Waals surface area contributed by atoms with Crippen LogP contribution in [0.15, 0.2) is 18.3 Å². The standard InChI is InChI=1S/C18H26N6O/c1-13-11-14(2)21-17(20-13)23-8-9-24(18(3,4)12-23)16-5-7-19-15(22-16)6-10-25/h5,7,11,25H,6,8-10,12H2,1-4H3. The van der Waals surface area contributed by atoms with Gasteiger partial charge in [-0.05, 0) is 39.8 Å². The average Bonchev–Trinajstić information content (AvgIpc) is 2.53. The van der Waals surface area contributed by atoms with Crippen LogP contribution in [0.5, 0.6) is 0 Å². The minimum absolute atomic E-state index is 0.0602. The highest BCUT2D eigenvalue weighted by Gasteiger charge is 2.35. The highest BCUT2D eigenvalue weighted by molar-refractivity contribution is 5.46. The van der Waals surface area contributed by atoms with E-state index in [4.69, 9.17) is 5.11 Å². The zero-order valence-electron chi connectivity index (χ0n) is 15.4. The number of nitrogens with zero attached hydrogens (tertiary/aromatic N) is 6. The van der Waals surface area contributed by atoms with Crippen LogP contribution in [0.25, 0.3) is 0 Å². The Hall–Kier alpha value is -2.28. The van der Waals surface area contributed by atoms with E-state index in [2.05, 4.69) is 43.6 Å². The van der Waals surface area contributed by atoms with Crippen LogP contribution < -0.4 is 9.80 Å². The number of aryl methyl sites for hydroxylation is 2. The molecule has 1 aliphatic rings. The Morgan fingerprint density at radius 2 is 1.84 bits per heavy atom. The van der Waals surface area contributed by atoms with Crippen molar-refractivity contribution in [2.45, 2.75) is 39.7 Å². The first kappa shape index (κ1) is 17.5. The summed E-state index contributed by atoms with van der Waals surface area (Å²) in [7, 11) is 0. The summed E-state index contributed by atoms with van der Waals surface area (Å²) < 4.78 is 0. The predicted molar refractivity (Wildman–Crippen MR) is 98.0 cm³/mol. The molecule has 0 amide bonds. The molecule has 7 heteroatoms. The molecule has 3 rings (SSSR count). The maximum absolute atomic E-state index is 9.11. The normalized spacial score (nSPS) is 17.0. The first-order valence-electron chi connectivity index (χ1n) is 8.67. The molecule has 0 atom stereocenters. The van der Waals surface area contributed by atoms with Gasteiger partial charge in [-0.3, -0.25) is 0 Å². The molecule has 0 aliphatic carbocycles. The molecule has 25 heavy (non-hydrogen) atoms. The molecular weight excluding hydrogens is 316 g/mol. The highest BCUT2D eigenvalue weighted by Crippen LogP contribution is 2.28. The molecule has 1 N–H and O–H groups in total. The molecule has 1 fully saturated rings. The molecule has 1 saturated heterocycles. The lowest BCUT2D eigenvalue weighted by atomic mass is 9.99. The molecule has 1 aliphatic heterocycles. The summed E-state index contributed by atoms with van der Waals surface area (Å²) in [5, 5.41) is 9.11. The van der Waals surface area contributed by atoms with E-state index in [1.54, 1.807) is 6.20 Å². The van der Waals surface area contributed by atoms with E-state index in [-0.39, 0.29) is 12.1 Å². The molecule has 0 radical (unpaired) electrons. The van der Waals surface area contributed by atoms with E-state index < -0.39 is 0 Å². The van der Waals surface area contributed by atoms with E-state index in [1.165, 1.54) is 0 Å². The number of piperazine rings is 1. The first-order valence-corrected chi connectivity index (χ1v) is 8.67. The third kappa shape index (κ3) is 3.87. The fourth-order valence-electron chi connectivity index (χ4n) is 3.36. The maximum Gasteiger partial charge on any atom is 0.225 e. The number of rotatable bonds is 4. The van der Waals surface area contributed by atoms with E-state index in [9.17, 15) is 0 Å². The number of hydrogen-bond acceptors (Lipinski definition) is 7. The van der Waals surface area contributed by atoms with Crippen molar-refractivity contribution in [3.05, 3.63) is 35.5 Å². The second-order valence-corrected chi connectivity index (χ2v) is 7.14. The lowest BCUT2D eigenvalue weighted by Gasteiger charge is -2.47. The number of aliphatic hydroxyl groups excluding tert-OH is 1. The largest absolute Gasteiger partial charge is 0.396 e. The molecule has 134 valence electrons. The molecule has 0 unspecified atom stereocenters. The summed E-state index contributed by atoms with van der Waals surface area (Å²) in [6, 6.07) is 3.93. The van der Waals surface area contributed by atoms with E-state index in [0.29, 0.717) is 12.2 Å². The summed E-state index contributed by atoms with van der Waals surface area (Å²) in [4.78, 5) is 22.6. The molecular formula is C18H26N6O. The van der Waals surface area contributed by atoms with Crippen LogP contribution in [0.3, 0.4) is 0 Å². The van der Waals surface area contributed by atoms with Crippen molar-refractivity contribution in [3.63, 3.8) is 0 Å². The van der Waals surface area contributed by atoms with E-state index >= 15 is 0 Å². The van der Waals surface area contributed by atoms with Crippen LogP contribution >= 0.6 is 0 Å². The summed E-state index contributed by atoms with van der Waals surface area (Å²) in [6.07, 6.45) is 2.24. The number of hydrogen-bond donors (Lipinski definition) is 1. The SMILES string of the molecule is Cc1cc(C)nc(N2CCN(c3ccnc(CCO)n3)C(C)(C)C2)n1. The van der Waals surface area contributed by atoms with Gasteiger partial charge in [0.1, 0.15) is 11.6 Å². The van der Waals surface area contributed by atoms with Gasteiger partial charge in [-0.25, -0.2) is 19.9 Å². The average molecular weight is 342 g/mol. The maximum atomic E-state index is 9.11. The van der Waals surface area contributed by atoms with Crippen molar-refractivity contribution in [1.82, 2.24) is 19.9 Å². The summed E-state index contributed by atoms with van der Waals surface area (Å²) in [5.41, 5.74) is 1.86. The number of aromatic nitrogens is 4. The van der Waals surface area contributed by atoms with Gasteiger partial charge in [-0.2, -0.15) is 0 Å². The van der Waals surface area contributed by atoms with Gasteiger partial charge in [0.25, 0.3) is 0 Å². The molecule has 0 bridgehead atoms. The van der Waals surface area contributed by atoms with Gasteiger partial charge < -0.3 is 14.9 Å². The Morgan fingerprint density at radius 3 is 2.48 bits per heavy atom. The van der Waals surface area contributed by atoms with Crippen molar-refractivity contribution in [2.24, 2.45) is 0 Å². The summed E-state index contributed by atoms with van der Waals surface area (Å²) >= 11 is 0. The molecule has 2 aromatic heterocycles. The Kier molecular flexibility index (Phi) is 4.85. The van der Waals surface area contributed by atoms with Gasteiger partial charge in [0.05, 0.1) is 12.1 Å².